The van der Waals surface area contributed by atoms with Crippen LogP contribution in [-0.4, -0.2) is 37.7 Å². The second kappa shape index (κ2) is 8.61. The van der Waals surface area contributed by atoms with E-state index in [9.17, 15) is 0 Å². The number of rotatable bonds is 8. The molecule has 22 heavy (non-hydrogen) atoms. The van der Waals surface area contributed by atoms with Gasteiger partial charge in [0.1, 0.15) is 0 Å². The Bertz CT molecular complexity index is 476. The van der Waals surface area contributed by atoms with E-state index in [2.05, 4.69) is 4.90 Å². The molecule has 1 aliphatic rings. The van der Waals surface area contributed by atoms with Crippen LogP contribution in [0.4, 0.5) is 0 Å². The van der Waals surface area contributed by atoms with Gasteiger partial charge in [0.2, 0.25) is 0 Å². The van der Waals surface area contributed by atoms with Gasteiger partial charge in [0.25, 0.3) is 0 Å². The lowest BCUT2D eigenvalue weighted by Crippen LogP contribution is -2.28. The van der Waals surface area contributed by atoms with E-state index in [4.69, 9.17) is 26.8 Å². The van der Waals surface area contributed by atoms with Gasteiger partial charge in [-0.25, -0.2) is 0 Å². The normalized spacial score (nSPS) is 16.7. The molecule has 1 unspecified atom stereocenters. The SMILES string of the molecule is CCOc1cc(Cl)c(C(CCN)N2CCCC2)cc1OCC. The van der Waals surface area contributed by atoms with Gasteiger partial charge in [-0.15, -0.1) is 0 Å². The fraction of sp³-hybridized carbons (Fsp3) is 0.647. The number of ether oxygens (including phenoxy) is 2. The largest absolute Gasteiger partial charge is 0.490 e. The van der Waals surface area contributed by atoms with Gasteiger partial charge in [0.05, 0.1) is 13.2 Å². The Morgan fingerprint density at radius 3 is 2.27 bits per heavy atom. The van der Waals surface area contributed by atoms with E-state index < -0.39 is 0 Å². The van der Waals surface area contributed by atoms with Crippen molar-refractivity contribution in [1.82, 2.24) is 4.90 Å². The molecule has 0 saturated carbocycles. The van der Waals surface area contributed by atoms with Crippen LogP contribution in [0, 0.1) is 0 Å². The van der Waals surface area contributed by atoms with Crippen molar-refractivity contribution in [2.45, 2.75) is 39.2 Å². The minimum atomic E-state index is 0.259. The average Bonchev–Trinajstić information content (AvgIpc) is 3.02. The first-order valence-corrected chi connectivity index (χ1v) is 8.62. The molecule has 1 atom stereocenters. The van der Waals surface area contributed by atoms with Gasteiger partial charge in [-0.1, -0.05) is 11.6 Å². The summed E-state index contributed by atoms with van der Waals surface area (Å²) in [6, 6.07) is 4.18. The predicted molar refractivity (Wildman–Crippen MR) is 91.0 cm³/mol. The van der Waals surface area contributed by atoms with E-state index in [-0.39, 0.29) is 6.04 Å². The molecule has 4 nitrogen and oxygen atoms in total. The minimum absolute atomic E-state index is 0.259. The molecule has 1 saturated heterocycles. The van der Waals surface area contributed by atoms with Crippen LogP contribution in [0.2, 0.25) is 5.02 Å². The summed E-state index contributed by atoms with van der Waals surface area (Å²) < 4.78 is 11.4. The number of nitrogens with two attached hydrogens (primary N) is 1. The molecule has 1 aromatic carbocycles. The first-order chi connectivity index (χ1) is 10.7. The average molecular weight is 327 g/mol. The highest BCUT2D eigenvalue weighted by Gasteiger charge is 2.26. The van der Waals surface area contributed by atoms with Gasteiger partial charge in [-0.2, -0.15) is 0 Å². The van der Waals surface area contributed by atoms with Crippen molar-refractivity contribution >= 4 is 11.6 Å². The van der Waals surface area contributed by atoms with Crippen molar-refractivity contribution in [3.05, 3.63) is 22.7 Å². The molecule has 0 aromatic heterocycles. The molecule has 2 rings (SSSR count). The maximum atomic E-state index is 6.54. The highest BCUT2D eigenvalue weighted by Crippen LogP contribution is 2.39. The summed E-state index contributed by atoms with van der Waals surface area (Å²) in [5, 5.41) is 0.734. The summed E-state index contributed by atoms with van der Waals surface area (Å²) >= 11 is 6.54. The van der Waals surface area contributed by atoms with Crippen LogP contribution < -0.4 is 15.2 Å². The van der Waals surface area contributed by atoms with E-state index in [1.54, 1.807) is 0 Å². The van der Waals surface area contributed by atoms with Crippen molar-refractivity contribution in [2.24, 2.45) is 5.73 Å². The highest BCUT2D eigenvalue weighted by molar-refractivity contribution is 6.31. The zero-order valence-corrected chi connectivity index (χ0v) is 14.4. The summed E-state index contributed by atoms with van der Waals surface area (Å²) in [5.41, 5.74) is 6.93. The predicted octanol–water partition coefficient (Wildman–Crippen LogP) is 3.62. The molecule has 5 heteroatoms. The topological polar surface area (TPSA) is 47.7 Å². The van der Waals surface area contributed by atoms with E-state index >= 15 is 0 Å². The van der Waals surface area contributed by atoms with Gasteiger partial charge in [-0.05, 0) is 64.4 Å². The number of hydrogen-bond donors (Lipinski definition) is 1. The minimum Gasteiger partial charge on any atom is -0.490 e. The van der Waals surface area contributed by atoms with Gasteiger partial charge in [0, 0.05) is 17.1 Å². The fourth-order valence-corrected chi connectivity index (χ4v) is 3.37. The standard InChI is InChI=1S/C17H27ClN2O2/c1-3-21-16-11-13(14(18)12-17(16)22-4-2)15(7-8-19)20-9-5-6-10-20/h11-12,15H,3-10,19H2,1-2H3. The Morgan fingerprint density at radius 2 is 1.73 bits per heavy atom. The third kappa shape index (κ3) is 4.06. The van der Waals surface area contributed by atoms with E-state index in [0.717, 1.165) is 35.8 Å². The van der Waals surface area contributed by atoms with Crippen molar-refractivity contribution < 1.29 is 9.47 Å². The molecule has 1 heterocycles. The Labute approximate surface area is 138 Å². The Morgan fingerprint density at radius 1 is 1.14 bits per heavy atom. The van der Waals surface area contributed by atoms with Crippen molar-refractivity contribution in [1.29, 1.82) is 0 Å². The lowest BCUT2D eigenvalue weighted by Gasteiger charge is -2.29. The van der Waals surface area contributed by atoms with Crippen LogP contribution in [0.25, 0.3) is 0 Å². The number of benzene rings is 1. The smallest absolute Gasteiger partial charge is 0.162 e. The fourth-order valence-electron chi connectivity index (χ4n) is 3.09. The maximum absolute atomic E-state index is 6.54. The van der Waals surface area contributed by atoms with Crippen LogP contribution >= 0.6 is 11.6 Å². The molecule has 1 fully saturated rings. The summed E-state index contributed by atoms with van der Waals surface area (Å²) in [6.07, 6.45) is 3.39. The van der Waals surface area contributed by atoms with Crippen molar-refractivity contribution in [3.63, 3.8) is 0 Å². The lowest BCUT2D eigenvalue weighted by atomic mass is 10.0. The first kappa shape index (κ1) is 17.4. The zero-order chi connectivity index (χ0) is 15.9. The summed E-state index contributed by atoms with van der Waals surface area (Å²) in [5.74, 6) is 1.48. The molecule has 2 N–H and O–H groups in total. The monoisotopic (exact) mass is 326 g/mol. The number of halogens is 1. The molecule has 0 amide bonds. The zero-order valence-electron chi connectivity index (χ0n) is 13.6. The Kier molecular flexibility index (Phi) is 6.80. The van der Waals surface area contributed by atoms with Gasteiger partial charge in [-0.3, -0.25) is 4.90 Å². The van der Waals surface area contributed by atoms with Gasteiger partial charge >= 0.3 is 0 Å². The van der Waals surface area contributed by atoms with Crippen molar-refractivity contribution in [2.75, 3.05) is 32.8 Å². The second-order valence-electron chi connectivity index (χ2n) is 5.52. The van der Waals surface area contributed by atoms with Gasteiger partial charge < -0.3 is 15.2 Å². The number of nitrogens with zero attached hydrogens (tertiary/aromatic N) is 1. The number of likely N-dealkylation sites (tertiary alicyclic amines) is 1. The molecule has 0 aliphatic carbocycles. The lowest BCUT2D eigenvalue weighted by molar-refractivity contribution is 0.234. The first-order valence-electron chi connectivity index (χ1n) is 8.24. The maximum Gasteiger partial charge on any atom is 0.162 e. The Balaban J connectivity index is 2.35. The molecule has 124 valence electrons. The molecule has 0 spiro atoms. The van der Waals surface area contributed by atoms with Crippen LogP contribution in [-0.2, 0) is 0 Å². The molecular formula is C17H27ClN2O2. The van der Waals surface area contributed by atoms with E-state index in [1.807, 2.05) is 26.0 Å². The summed E-state index contributed by atoms with van der Waals surface area (Å²) in [4.78, 5) is 2.48. The van der Waals surface area contributed by atoms with Crippen molar-refractivity contribution in [3.8, 4) is 11.5 Å². The number of hydrogen-bond acceptors (Lipinski definition) is 4. The Hall–Kier alpha value is -0.970. The second-order valence-corrected chi connectivity index (χ2v) is 5.93. The van der Waals surface area contributed by atoms with Crippen LogP contribution in [0.1, 0.15) is 44.7 Å². The van der Waals surface area contributed by atoms with Crippen LogP contribution in [0.5, 0.6) is 11.5 Å². The summed E-state index contributed by atoms with van der Waals surface area (Å²) in [7, 11) is 0. The summed E-state index contributed by atoms with van der Waals surface area (Å²) in [6.45, 7) is 7.99. The van der Waals surface area contributed by atoms with Gasteiger partial charge in [0.15, 0.2) is 11.5 Å². The molecule has 0 bridgehead atoms. The third-order valence-electron chi connectivity index (χ3n) is 4.04. The van der Waals surface area contributed by atoms with Crippen LogP contribution in [0.15, 0.2) is 12.1 Å². The van der Waals surface area contributed by atoms with E-state index in [1.165, 1.54) is 12.8 Å². The van der Waals surface area contributed by atoms with E-state index in [0.29, 0.717) is 25.5 Å². The highest BCUT2D eigenvalue weighted by atomic mass is 35.5. The third-order valence-corrected chi connectivity index (χ3v) is 4.37. The molecule has 1 aromatic rings. The molecule has 0 radical (unpaired) electrons. The quantitative estimate of drug-likeness (QED) is 0.792. The van der Waals surface area contributed by atoms with Crippen LogP contribution in [0.3, 0.4) is 0 Å². The molecular weight excluding hydrogens is 300 g/mol. The molecule has 1 aliphatic heterocycles.